The fourth-order valence-electron chi connectivity index (χ4n) is 2.93. The summed E-state index contributed by atoms with van der Waals surface area (Å²) in [6, 6.07) is 17.8. The Bertz CT molecular complexity index is 1170. The second kappa shape index (κ2) is 8.73. The molecule has 156 valence electrons. The molecule has 2 aromatic heterocycles. The van der Waals surface area contributed by atoms with Crippen LogP contribution in [0.2, 0.25) is 5.02 Å². The summed E-state index contributed by atoms with van der Waals surface area (Å²) in [4.78, 5) is 6.48. The van der Waals surface area contributed by atoms with E-state index in [-0.39, 0.29) is 0 Å². The van der Waals surface area contributed by atoms with Gasteiger partial charge in [0, 0.05) is 28.0 Å². The average molecular weight is 502 g/mol. The van der Waals surface area contributed by atoms with Gasteiger partial charge in [0.15, 0.2) is 5.52 Å². The monoisotopic (exact) mass is 500 g/mol. The molecule has 4 nitrogen and oxygen atoms in total. The lowest BCUT2D eigenvalue weighted by Gasteiger charge is -2.01. The molecule has 0 radical (unpaired) electrons. The maximum Gasteiger partial charge on any atom is 0.673 e. The molecule has 0 aliphatic heterocycles. The van der Waals surface area contributed by atoms with Gasteiger partial charge in [0.2, 0.25) is 5.69 Å². The zero-order valence-corrected chi connectivity index (χ0v) is 18.2. The molecule has 2 heterocycles. The lowest BCUT2D eigenvalue weighted by molar-refractivity contribution is -0.613. The number of aromatic nitrogens is 4. The Morgan fingerprint density at radius 1 is 0.967 bits per heavy atom. The Balaban J connectivity index is 0.000000461. The van der Waals surface area contributed by atoms with Gasteiger partial charge in [-0.1, -0.05) is 32.3 Å². The number of benzene rings is 2. The summed E-state index contributed by atoms with van der Waals surface area (Å²) < 4.78 is 42.1. The molecule has 4 aromatic rings. The number of fused-ring (bicyclic) bond motifs is 1. The zero-order chi connectivity index (χ0) is 22.1. The number of halogens is 6. The van der Waals surface area contributed by atoms with Gasteiger partial charge in [0.25, 0.3) is 5.82 Å². The van der Waals surface area contributed by atoms with E-state index in [1.54, 1.807) is 0 Å². The summed E-state index contributed by atoms with van der Waals surface area (Å²) in [7, 11) is -6.00. The molecule has 0 atom stereocenters. The van der Waals surface area contributed by atoms with Crippen LogP contribution in [-0.2, 0) is 0 Å². The van der Waals surface area contributed by atoms with Gasteiger partial charge in [0.1, 0.15) is 11.4 Å². The van der Waals surface area contributed by atoms with Crippen LogP contribution < -0.4 is 4.52 Å². The van der Waals surface area contributed by atoms with Crippen molar-refractivity contribution in [2.75, 3.05) is 0 Å². The Labute approximate surface area is 183 Å². The molecule has 0 saturated heterocycles. The van der Waals surface area contributed by atoms with Crippen LogP contribution in [0.15, 0.2) is 59.1 Å². The topological polar surface area (TPSA) is 34.8 Å². The molecule has 0 bridgehead atoms. The molecule has 0 saturated carbocycles. The van der Waals surface area contributed by atoms with Crippen molar-refractivity contribution in [3.05, 3.63) is 75.6 Å². The summed E-state index contributed by atoms with van der Waals surface area (Å²) >= 11 is 9.52. The van der Waals surface area contributed by atoms with Crippen molar-refractivity contribution in [1.29, 1.82) is 0 Å². The van der Waals surface area contributed by atoms with Crippen molar-refractivity contribution in [3.8, 4) is 16.9 Å². The maximum absolute atomic E-state index is 9.75. The highest BCUT2D eigenvalue weighted by atomic mass is 79.9. The summed E-state index contributed by atoms with van der Waals surface area (Å²) in [6.07, 6.45) is 0. The Hall–Kier alpha value is -2.46. The lowest BCUT2D eigenvalue weighted by atomic mass is 10.1. The first-order valence-electron chi connectivity index (χ1n) is 8.71. The second-order valence-electron chi connectivity index (χ2n) is 6.36. The Morgan fingerprint density at radius 3 is 2.10 bits per heavy atom. The fourth-order valence-corrected chi connectivity index (χ4v) is 3.32. The molecule has 0 aliphatic rings. The molecule has 0 unspecified atom stereocenters. The molecule has 0 fully saturated rings. The zero-order valence-electron chi connectivity index (χ0n) is 15.8. The molecule has 0 aliphatic carbocycles. The van der Waals surface area contributed by atoms with Crippen molar-refractivity contribution in [2.45, 2.75) is 13.8 Å². The molecule has 30 heavy (non-hydrogen) atoms. The smallest absolute Gasteiger partial charge is 0.418 e. The van der Waals surface area contributed by atoms with Crippen LogP contribution in [-0.4, -0.2) is 22.1 Å². The summed E-state index contributed by atoms with van der Waals surface area (Å²) in [5.74, 6) is 0.880. The van der Waals surface area contributed by atoms with Crippen molar-refractivity contribution >= 4 is 40.3 Å². The van der Waals surface area contributed by atoms with E-state index in [0.717, 1.165) is 38.5 Å². The van der Waals surface area contributed by atoms with Crippen molar-refractivity contribution in [2.24, 2.45) is 0 Å². The van der Waals surface area contributed by atoms with Gasteiger partial charge in [0.05, 0.1) is 0 Å². The maximum atomic E-state index is 9.75. The van der Waals surface area contributed by atoms with Crippen LogP contribution in [0.25, 0.3) is 22.5 Å². The molecule has 0 N–H and O–H groups in total. The van der Waals surface area contributed by atoms with Gasteiger partial charge < -0.3 is 17.3 Å². The van der Waals surface area contributed by atoms with E-state index in [4.69, 9.17) is 16.7 Å². The highest BCUT2D eigenvalue weighted by Gasteiger charge is 2.23. The number of rotatable bonds is 2. The number of aryl methyl sites for hydroxylation is 2. The van der Waals surface area contributed by atoms with Crippen LogP contribution in [0.1, 0.15) is 11.5 Å². The molecular formula is C19H15BBrClF4N4. The summed E-state index contributed by atoms with van der Waals surface area (Å²) in [6.45, 7) is 3.98. The lowest BCUT2D eigenvalue weighted by Crippen LogP contribution is -2.36. The standard InChI is InChI=1S/C19H15BrClN4.BF4/c1-12-11-18-19(14-3-7-16(21)8-4-14)23-25(24(18)13(2)22-12)17-9-5-15(20)6-10-17;2-1(3,4)5/h3-11H,1-2H3;/q+1;-1. The van der Waals surface area contributed by atoms with Crippen LogP contribution >= 0.6 is 27.5 Å². The van der Waals surface area contributed by atoms with Gasteiger partial charge >= 0.3 is 7.25 Å². The third kappa shape index (κ3) is 5.37. The third-order valence-electron chi connectivity index (χ3n) is 4.02. The highest BCUT2D eigenvalue weighted by Crippen LogP contribution is 2.24. The minimum atomic E-state index is -6.00. The Kier molecular flexibility index (Phi) is 6.47. The number of hydrogen-bond donors (Lipinski definition) is 0. The van der Waals surface area contributed by atoms with Gasteiger partial charge in [-0.25, -0.2) is 0 Å². The van der Waals surface area contributed by atoms with Gasteiger partial charge in [-0.05, 0) is 60.6 Å². The SMILES string of the molecule is Cc1cc2c(-c3ccc(Cl)cc3)nn(-c3ccc(Br)cc3)[n+]2c(C)n1.F[B-](F)(F)F. The summed E-state index contributed by atoms with van der Waals surface area (Å²) in [5.41, 5.74) is 4.85. The summed E-state index contributed by atoms with van der Waals surface area (Å²) in [5, 5.41) is 5.58. The minimum absolute atomic E-state index is 0.710. The Morgan fingerprint density at radius 2 is 1.53 bits per heavy atom. The minimum Gasteiger partial charge on any atom is -0.418 e. The van der Waals surface area contributed by atoms with Crippen molar-refractivity contribution in [3.63, 3.8) is 0 Å². The van der Waals surface area contributed by atoms with Gasteiger partial charge in [-0.3, -0.25) is 0 Å². The first-order valence-corrected chi connectivity index (χ1v) is 9.88. The molecule has 4 rings (SSSR count). The first kappa shape index (κ1) is 22.2. The van der Waals surface area contributed by atoms with Crippen LogP contribution in [0, 0.1) is 13.8 Å². The molecule has 0 amide bonds. The van der Waals surface area contributed by atoms with Crippen LogP contribution in [0.4, 0.5) is 17.3 Å². The van der Waals surface area contributed by atoms with Crippen LogP contribution in [0.3, 0.4) is 0 Å². The predicted molar refractivity (Wildman–Crippen MR) is 112 cm³/mol. The van der Waals surface area contributed by atoms with E-state index in [2.05, 4.69) is 27.0 Å². The first-order chi connectivity index (χ1) is 14.0. The average Bonchev–Trinajstić information content (AvgIpc) is 3.01. The van der Waals surface area contributed by atoms with Crippen molar-refractivity contribution in [1.82, 2.24) is 14.9 Å². The van der Waals surface area contributed by atoms with Crippen molar-refractivity contribution < 1.29 is 21.8 Å². The van der Waals surface area contributed by atoms with E-state index in [1.807, 2.05) is 71.7 Å². The molecule has 2 aromatic carbocycles. The normalized spacial score (nSPS) is 11.3. The van der Waals surface area contributed by atoms with E-state index in [9.17, 15) is 17.3 Å². The quantitative estimate of drug-likeness (QED) is 0.192. The largest absolute Gasteiger partial charge is 0.673 e. The second-order valence-corrected chi connectivity index (χ2v) is 7.71. The highest BCUT2D eigenvalue weighted by molar-refractivity contribution is 9.10. The van der Waals surface area contributed by atoms with Gasteiger partial charge in [-0.15, -0.1) is 9.50 Å². The molecule has 0 spiro atoms. The number of nitrogens with zero attached hydrogens (tertiary/aromatic N) is 4. The van der Waals surface area contributed by atoms with E-state index >= 15 is 0 Å². The molecule has 11 heteroatoms. The molecular weight excluding hydrogens is 486 g/mol. The van der Waals surface area contributed by atoms with E-state index in [1.165, 1.54) is 0 Å². The van der Waals surface area contributed by atoms with E-state index < -0.39 is 7.25 Å². The van der Waals surface area contributed by atoms with E-state index in [0.29, 0.717) is 5.02 Å². The number of hydrogen-bond acceptors (Lipinski definition) is 2. The fraction of sp³-hybridized carbons (Fsp3) is 0.105. The third-order valence-corrected chi connectivity index (χ3v) is 4.80. The van der Waals surface area contributed by atoms with Gasteiger partial charge in [-0.2, -0.15) is 0 Å². The predicted octanol–water partition coefficient (Wildman–Crippen LogP) is 6.01. The van der Waals surface area contributed by atoms with Crippen LogP contribution in [0.5, 0.6) is 0 Å².